The minimum absolute atomic E-state index is 0.139. The monoisotopic (exact) mass is 178 g/mol. The summed E-state index contributed by atoms with van der Waals surface area (Å²) < 4.78 is 0. The summed E-state index contributed by atoms with van der Waals surface area (Å²) in [7, 11) is 0. The fraction of sp³-hybridized carbons (Fsp3) is 0.727. The van der Waals surface area contributed by atoms with Gasteiger partial charge in [-0.3, -0.25) is 0 Å². The van der Waals surface area contributed by atoms with Crippen molar-refractivity contribution in [2.75, 3.05) is 0 Å². The Morgan fingerprint density at radius 2 is 2.15 bits per heavy atom. The first kappa shape index (κ1) is 10.1. The summed E-state index contributed by atoms with van der Waals surface area (Å²) in [6.07, 6.45) is 6.78. The van der Waals surface area contributed by atoms with Gasteiger partial charge < -0.3 is 5.73 Å². The fourth-order valence-electron chi connectivity index (χ4n) is 1.74. The minimum atomic E-state index is 0.139. The van der Waals surface area contributed by atoms with Crippen molar-refractivity contribution < 1.29 is 0 Å². The van der Waals surface area contributed by atoms with Crippen LogP contribution in [0.4, 0.5) is 0 Å². The van der Waals surface area contributed by atoms with Gasteiger partial charge in [0.05, 0.1) is 6.07 Å². The molecule has 0 amide bonds. The molecule has 0 heterocycles. The normalized spacial score (nSPS) is 18.3. The van der Waals surface area contributed by atoms with Crippen molar-refractivity contribution in [3.8, 4) is 6.07 Å². The predicted octanol–water partition coefficient (Wildman–Crippen LogP) is 2.71. The molecule has 0 aliphatic heterocycles. The molecule has 0 bridgehead atoms. The van der Waals surface area contributed by atoms with E-state index in [0.717, 1.165) is 18.5 Å². The first-order valence-corrected chi connectivity index (χ1v) is 5.10. The lowest BCUT2D eigenvalue weighted by Crippen LogP contribution is -2.03. The number of hydrogen-bond acceptors (Lipinski definition) is 2. The van der Waals surface area contributed by atoms with Gasteiger partial charge in [-0.2, -0.15) is 5.26 Å². The van der Waals surface area contributed by atoms with Gasteiger partial charge in [0.2, 0.25) is 0 Å². The Morgan fingerprint density at radius 1 is 1.54 bits per heavy atom. The first-order valence-electron chi connectivity index (χ1n) is 5.10. The maximum atomic E-state index is 8.61. The average molecular weight is 178 g/mol. The van der Waals surface area contributed by atoms with Gasteiger partial charge in [0.1, 0.15) is 0 Å². The third-order valence-electron chi connectivity index (χ3n) is 2.73. The van der Waals surface area contributed by atoms with E-state index < -0.39 is 0 Å². The van der Waals surface area contributed by atoms with Gasteiger partial charge in [0, 0.05) is 11.6 Å². The SMILES string of the molecule is CC(C#N)CCC(N)=C1CCCC1. The molecule has 2 nitrogen and oxygen atoms in total. The number of nitrogens with two attached hydrogens (primary N) is 1. The van der Waals surface area contributed by atoms with Crippen molar-refractivity contribution in [2.24, 2.45) is 11.7 Å². The lowest BCUT2D eigenvalue weighted by Gasteiger charge is -2.06. The molecule has 2 heteroatoms. The molecule has 0 saturated heterocycles. The van der Waals surface area contributed by atoms with Gasteiger partial charge in [-0.1, -0.05) is 5.57 Å². The molecule has 13 heavy (non-hydrogen) atoms. The number of hydrogen-bond donors (Lipinski definition) is 1. The highest BCUT2D eigenvalue weighted by Crippen LogP contribution is 2.27. The molecule has 0 aromatic heterocycles. The summed E-state index contributed by atoms with van der Waals surface area (Å²) in [6, 6.07) is 2.23. The fourth-order valence-corrected chi connectivity index (χ4v) is 1.74. The average Bonchev–Trinajstić information content (AvgIpc) is 2.66. The first-order chi connectivity index (χ1) is 6.24. The van der Waals surface area contributed by atoms with Crippen LogP contribution in [-0.2, 0) is 0 Å². The zero-order chi connectivity index (χ0) is 9.68. The van der Waals surface area contributed by atoms with Crippen molar-refractivity contribution in [1.29, 1.82) is 5.26 Å². The van der Waals surface area contributed by atoms with Crippen molar-refractivity contribution in [2.45, 2.75) is 45.4 Å². The van der Waals surface area contributed by atoms with E-state index in [4.69, 9.17) is 11.0 Å². The lowest BCUT2D eigenvalue weighted by atomic mass is 10.0. The van der Waals surface area contributed by atoms with Crippen LogP contribution in [0.5, 0.6) is 0 Å². The molecule has 2 N–H and O–H groups in total. The Balaban J connectivity index is 2.36. The van der Waals surface area contributed by atoms with E-state index in [1.807, 2.05) is 6.92 Å². The summed E-state index contributed by atoms with van der Waals surface area (Å²) in [6.45, 7) is 1.95. The number of allylic oxidation sites excluding steroid dienone is 2. The molecule has 72 valence electrons. The van der Waals surface area contributed by atoms with Crippen molar-refractivity contribution in [3.63, 3.8) is 0 Å². The van der Waals surface area contributed by atoms with Crippen molar-refractivity contribution in [3.05, 3.63) is 11.3 Å². The molecule has 1 atom stereocenters. The molecule has 0 spiro atoms. The molecular weight excluding hydrogens is 160 g/mol. The molecule has 1 rings (SSSR count). The Labute approximate surface area is 80.4 Å². The Morgan fingerprint density at radius 3 is 2.69 bits per heavy atom. The third kappa shape index (κ3) is 3.10. The van der Waals surface area contributed by atoms with E-state index in [1.165, 1.54) is 31.3 Å². The second kappa shape index (κ2) is 4.91. The van der Waals surface area contributed by atoms with E-state index in [0.29, 0.717) is 0 Å². The Bertz CT molecular complexity index is 227. The van der Waals surface area contributed by atoms with Crippen LogP contribution < -0.4 is 5.73 Å². The van der Waals surface area contributed by atoms with E-state index in [-0.39, 0.29) is 5.92 Å². The Kier molecular flexibility index (Phi) is 3.82. The number of nitriles is 1. The van der Waals surface area contributed by atoms with Crippen molar-refractivity contribution in [1.82, 2.24) is 0 Å². The standard InChI is InChI=1S/C11H18N2/c1-9(8-12)6-7-11(13)10-4-2-3-5-10/h9H,2-7,13H2,1H3. The van der Waals surface area contributed by atoms with E-state index in [1.54, 1.807) is 0 Å². The molecule has 1 saturated carbocycles. The van der Waals surface area contributed by atoms with Gasteiger partial charge in [0.15, 0.2) is 0 Å². The topological polar surface area (TPSA) is 49.8 Å². The molecular formula is C11H18N2. The predicted molar refractivity (Wildman–Crippen MR) is 53.7 cm³/mol. The van der Waals surface area contributed by atoms with Gasteiger partial charge in [-0.25, -0.2) is 0 Å². The molecule has 0 aromatic carbocycles. The van der Waals surface area contributed by atoms with Crippen molar-refractivity contribution >= 4 is 0 Å². The lowest BCUT2D eigenvalue weighted by molar-refractivity contribution is 0.649. The van der Waals surface area contributed by atoms with Crippen LogP contribution in [0.25, 0.3) is 0 Å². The van der Waals surface area contributed by atoms with Crippen LogP contribution in [0.15, 0.2) is 11.3 Å². The summed E-state index contributed by atoms with van der Waals surface area (Å²) >= 11 is 0. The molecule has 1 aliphatic carbocycles. The maximum absolute atomic E-state index is 8.61. The Hall–Kier alpha value is -0.970. The van der Waals surface area contributed by atoms with Gasteiger partial charge in [-0.15, -0.1) is 0 Å². The van der Waals surface area contributed by atoms with Gasteiger partial charge in [0.25, 0.3) is 0 Å². The number of rotatable bonds is 3. The minimum Gasteiger partial charge on any atom is -0.402 e. The van der Waals surface area contributed by atoms with E-state index >= 15 is 0 Å². The zero-order valence-corrected chi connectivity index (χ0v) is 8.34. The third-order valence-corrected chi connectivity index (χ3v) is 2.73. The second-order valence-corrected chi connectivity index (χ2v) is 3.90. The highest BCUT2D eigenvalue weighted by Gasteiger charge is 2.10. The highest BCUT2D eigenvalue weighted by atomic mass is 14.6. The van der Waals surface area contributed by atoms with E-state index in [2.05, 4.69) is 6.07 Å². The van der Waals surface area contributed by atoms with Gasteiger partial charge in [-0.05, 0) is 45.4 Å². The molecule has 1 aliphatic rings. The summed E-state index contributed by atoms with van der Waals surface area (Å²) in [5, 5.41) is 8.61. The molecule has 1 unspecified atom stereocenters. The number of nitrogens with zero attached hydrogens (tertiary/aromatic N) is 1. The van der Waals surface area contributed by atoms with Crippen LogP contribution in [0.2, 0.25) is 0 Å². The highest BCUT2D eigenvalue weighted by molar-refractivity contribution is 5.14. The van der Waals surface area contributed by atoms with Crippen LogP contribution in [0.3, 0.4) is 0 Å². The quantitative estimate of drug-likeness (QED) is 0.722. The van der Waals surface area contributed by atoms with Crippen LogP contribution >= 0.6 is 0 Å². The van der Waals surface area contributed by atoms with E-state index in [9.17, 15) is 0 Å². The second-order valence-electron chi connectivity index (χ2n) is 3.90. The summed E-state index contributed by atoms with van der Waals surface area (Å²) in [4.78, 5) is 0. The molecule has 1 fully saturated rings. The summed E-state index contributed by atoms with van der Waals surface area (Å²) in [5.41, 5.74) is 8.46. The van der Waals surface area contributed by atoms with Crippen LogP contribution in [0.1, 0.15) is 45.4 Å². The van der Waals surface area contributed by atoms with Crippen LogP contribution in [-0.4, -0.2) is 0 Å². The van der Waals surface area contributed by atoms with Crippen LogP contribution in [0, 0.1) is 17.2 Å². The largest absolute Gasteiger partial charge is 0.402 e. The van der Waals surface area contributed by atoms with Gasteiger partial charge >= 0.3 is 0 Å². The smallest absolute Gasteiger partial charge is 0.0652 e. The summed E-state index contributed by atoms with van der Waals surface area (Å²) in [5.74, 6) is 0.139. The molecule has 0 radical (unpaired) electrons. The maximum Gasteiger partial charge on any atom is 0.0652 e. The zero-order valence-electron chi connectivity index (χ0n) is 8.34. The molecule has 0 aromatic rings.